The standard InChI is InChI=1S/C16H30N6O/c1-16(2,23-4)12-19-15(17-3)18-10-9-14-21-20-13-8-6-5-7-11-22(13)14/h5-12H2,1-4H3,(H2,17,18,19). The van der Waals surface area contributed by atoms with Gasteiger partial charge in [-0.2, -0.15) is 0 Å². The summed E-state index contributed by atoms with van der Waals surface area (Å²) in [6, 6.07) is 0. The molecular weight excluding hydrogens is 292 g/mol. The predicted octanol–water partition coefficient (Wildman–Crippen LogP) is 1.14. The number of guanidine groups is 1. The topological polar surface area (TPSA) is 76.4 Å². The van der Waals surface area contributed by atoms with E-state index in [-0.39, 0.29) is 5.60 Å². The van der Waals surface area contributed by atoms with Crippen molar-refractivity contribution in [2.45, 2.75) is 58.1 Å². The summed E-state index contributed by atoms with van der Waals surface area (Å²) < 4.78 is 7.69. The van der Waals surface area contributed by atoms with Gasteiger partial charge in [-0.05, 0) is 26.7 Å². The van der Waals surface area contributed by atoms with E-state index in [1.165, 1.54) is 19.3 Å². The zero-order chi connectivity index (χ0) is 16.7. The molecule has 0 radical (unpaired) electrons. The summed E-state index contributed by atoms with van der Waals surface area (Å²) in [6.45, 7) is 6.61. The van der Waals surface area contributed by atoms with E-state index in [2.05, 4.69) is 30.4 Å². The summed E-state index contributed by atoms with van der Waals surface area (Å²) in [5.41, 5.74) is -0.220. The molecule has 0 saturated carbocycles. The van der Waals surface area contributed by atoms with Crippen LogP contribution in [0.25, 0.3) is 0 Å². The molecule has 1 aromatic heterocycles. The lowest BCUT2D eigenvalue weighted by Crippen LogP contribution is -2.45. The average Bonchev–Trinajstić information content (AvgIpc) is 2.78. The number of hydrogen-bond donors (Lipinski definition) is 2. The Morgan fingerprint density at radius 2 is 2.09 bits per heavy atom. The first-order valence-corrected chi connectivity index (χ1v) is 8.46. The molecule has 7 nitrogen and oxygen atoms in total. The van der Waals surface area contributed by atoms with E-state index in [4.69, 9.17) is 4.74 Å². The number of methoxy groups -OCH3 is 1. The fraction of sp³-hybridized carbons (Fsp3) is 0.812. The third-order valence-corrected chi connectivity index (χ3v) is 4.28. The fourth-order valence-electron chi connectivity index (χ4n) is 2.61. The highest BCUT2D eigenvalue weighted by Gasteiger charge is 2.17. The zero-order valence-corrected chi connectivity index (χ0v) is 14.9. The van der Waals surface area contributed by atoms with Crippen molar-refractivity contribution in [3.63, 3.8) is 0 Å². The average molecular weight is 322 g/mol. The van der Waals surface area contributed by atoms with Crippen molar-refractivity contribution < 1.29 is 4.74 Å². The number of aryl methyl sites for hydroxylation is 1. The highest BCUT2D eigenvalue weighted by atomic mass is 16.5. The first-order chi connectivity index (χ1) is 11.1. The number of nitrogens with zero attached hydrogens (tertiary/aromatic N) is 4. The number of aliphatic imine (C=N–C) groups is 1. The lowest BCUT2D eigenvalue weighted by atomic mass is 10.1. The Morgan fingerprint density at radius 3 is 2.83 bits per heavy atom. The Labute approximate surface area is 138 Å². The molecule has 0 aliphatic carbocycles. The number of hydrogen-bond acceptors (Lipinski definition) is 4. The Bertz CT molecular complexity index is 523. The van der Waals surface area contributed by atoms with E-state index >= 15 is 0 Å². The summed E-state index contributed by atoms with van der Waals surface area (Å²) in [5.74, 6) is 3.00. The molecule has 1 aromatic rings. The van der Waals surface area contributed by atoms with Gasteiger partial charge in [0.1, 0.15) is 11.6 Å². The lowest BCUT2D eigenvalue weighted by Gasteiger charge is -2.24. The molecule has 0 saturated heterocycles. The van der Waals surface area contributed by atoms with E-state index in [9.17, 15) is 0 Å². The van der Waals surface area contributed by atoms with E-state index in [0.717, 1.165) is 43.5 Å². The van der Waals surface area contributed by atoms with Gasteiger partial charge in [-0.25, -0.2) is 0 Å². The van der Waals surface area contributed by atoms with Gasteiger partial charge in [0.05, 0.1) is 5.60 Å². The molecule has 2 N–H and O–H groups in total. The van der Waals surface area contributed by atoms with Crippen LogP contribution in [0.4, 0.5) is 0 Å². The Kier molecular flexibility index (Phi) is 6.38. The normalized spacial score (nSPS) is 15.9. The summed E-state index contributed by atoms with van der Waals surface area (Å²) >= 11 is 0. The maximum atomic E-state index is 5.40. The van der Waals surface area contributed by atoms with Crippen LogP contribution in [0.5, 0.6) is 0 Å². The van der Waals surface area contributed by atoms with Crippen LogP contribution in [-0.4, -0.2) is 53.6 Å². The van der Waals surface area contributed by atoms with Gasteiger partial charge in [0, 0.05) is 46.6 Å². The number of aromatic nitrogens is 3. The third kappa shape index (κ3) is 5.20. The first kappa shape index (κ1) is 17.7. The molecule has 0 spiro atoms. The summed E-state index contributed by atoms with van der Waals surface area (Å²) in [7, 11) is 3.49. The Hall–Kier alpha value is -1.63. The van der Waals surface area contributed by atoms with Gasteiger partial charge in [0.15, 0.2) is 5.96 Å². The van der Waals surface area contributed by atoms with Crippen molar-refractivity contribution in [1.82, 2.24) is 25.4 Å². The molecule has 0 bridgehead atoms. The van der Waals surface area contributed by atoms with Crippen LogP contribution in [0.2, 0.25) is 0 Å². The minimum Gasteiger partial charge on any atom is -0.377 e. The first-order valence-electron chi connectivity index (χ1n) is 8.46. The summed E-state index contributed by atoms with van der Waals surface area (Å²) in [4.78, 5) is 4.24. The monoisotopic (exact) mass is 322 g/mol. The largest absolute Gasteiger partial charge is 0.377 e. The molecule has 0 amide bonds. The van der Waals surface area contributed by atoms with E-state index in [0.29, 0.717) is 6.54 Å². The maximum Gasteiger partial charge on any atom is 0.191 e. The lowest BCUT2D eigenvalue weighted by molar-refractivity contribution is 0.0268. The molecule has 1 aliphatic rings. The molecular formula is C16H30N6O. The number of ether oxygens (including phenoxy) is 1. The van der Waals surface area contributed by atoms with Crippen molar-refractivity contribution in [3.8, 4) is 0 Å². The molecule has 23 heavy (non-hydrogen) atoms. The zero-order valence-electron chi connectivity index (χ0n) is 14.9. The van der Waals surface area contributed by atoms with E-state index in [1.807, 2.05) is 13.8 Å². The second-order valence-corrected chi connectivity index (χ2v) is 6.56. The molecule has 0 fully saturated rings. The van der Waals surface area contributed by atoms with Crippen molar-refractivity contribution in [2.75, 3.05) is 27.2 Å². The van der Waals surface area contributed by atoms with Crippen molar-refractivity contribution >= 4 is 5.96 Å². The van der Waals surface area contributed by atoms with Crippen LogP contribution >= 0.6 is 0 Å². The third-order valence-electron chi connectivity index (χ3n) is 4.28. The predicted molar refractivity (Wildman–Crippen MR) is 91.7 cm³/mol. The van der Waals surface area contributed by atoms with Gasteiger partial charge in [-0.1, -0.05) is 6.42 Å². The number of nitrogens with one attached hydrogen (secondary N) is 2. The summed E-state index contributed by atoms with van der Waals surface area (Å²) in [6.07, 6.45) is 5.63. The highest BCUT2D eigenvalue weighted by Crippen LogP contribution is 2.14. The number of rotatable bonds is 6. The van der Waals surface area contributed by atoms with Crippen molar-refractivity contribution in [3.05, 3.63) is 11.6 Å². The minimum atomic E-state index is -0.220. The van der Waals surface area contributed by atoms with Crippen LogP contribution in [0.1, 0.15) is 44.8 Å². The highest BCUT2D eigenvalue weighted by molar-refractivity contribution is 5.79. The van der Waals surface area contributed by atoms with E-state index < -0.39 is 0 Å². The van der Waals surface area contributed by atoms with Gasteiger partial charge in [0.25, 0.3) is 0 Å². The van der Waals surface area contributed by atoms with Gasteiger partial charge < -0.3 is 19.9 Å². The quantitative estimate of drug-likeness (QED) is 0.607. The second-order valence-electron chi connectivity index (χ2n) is 6.56. The van der Waals surface area contributed by atoms with Crippen LogP contribution in [0.15, 0.2) is 4.99 Å². The fourth-order valence-corrected chi connectivity index (χ4v) is 2.61. The Morgan fingerprint density at radius 1 is 1.26 bits per heavy atom. The molecule has 130 valence electrons. The van der Waals surface area contributed by atoms with Gasteiger partial charge >= 0.3 is 0 Å². The van der Waals surface area contributed by atoms with Crippen LogP contribution in [0.3, 0.4) is 0 Å². The molecule has 0 unspecified atom stereocenters. The molecule has 1 aliphatic heterocycles. The smallest absolute Gasteiger partial charge is 0.191 e. The molecule has 0 aromatic carbocycles. The maximum absolute atomic E-state index is 5.40. The number of fused-ring (bicyclic) bond motifs is 1. The molecule has 0 atom stereocenters. The Balaban J connectivity index is 1.81. The van der Waals surface area contributed by atoms with Crippen LogP contribution in [0, 0.1) is 0 Å². The molecule has 2 rings (SSSR count). The minimum absolute atomic E-state index is 0.220. The SMILES string of the molecule is CN=C(NCCc1nnc2n1CCCCC2)NCC(C)(C)OC. The van der Waals surface area contributed by atoms with Crippen molar-refractivity contribution in [1.29, 1.82) is 0 Å². The summed E-state index contributed by atoms with van der Waals surface area (Å²) in [5, 5.41) is 15.3. The van der Waals surface area contributed by atoms with Gasteiger partial charge in [-0.3, -0.25) is 4.99 Å². The molecule has 2 heterocycles. The van der Waals surface area contributed by atoms with Gasteiger partial charge in [0.2, 0.25) is 0 Å². The van der Waals surface area contributed by atoms with E-state index in [1.54, 1.807) is 14.2 Å². The van der Waals surface area contributed by atoms with Crippen molar-refractivity contribution in [2.24, 2.45) is 4.99 Å². The molecule has 7 heteroatoms. The van der Waals surface area contributed by atoms with Crippen LogP contribution in [-0.2, 0) is 24.1 Å². The second kappa shape index (κ2) is 8.29. The van der Waals surface area contributed by atoms with Gasteiger partial charge in [-0.15, -0.1) is 10.2 Å². The van der Waals surface area contributed by atoms with Crippen LogP contribution < -0.4 is 10.6 Å².